The summed E-state index contributed by atoms with van der Waals surface area (Å²) >= 11 is 8.32. The number of hydrogen-bond donors (Lipinski definition) is 2. The average molecular weight is 518 g/mol. The molecule has 2 aliphatic carbocycles. The topological polar surface area (TPSA) is 71.8 Å². The molecule has 2 aromatic heterocycles. The van der Waals surface area contributed by atoms with Crippen LogP contribution in [0.3, 0.4) is 0 Å². The molecule has 3 heterocycles. The van der Waals surface area contributed by atoms with Gasteiger partial charge in [-0.25, -0.2) is 8.78 Å². The predicted molar refractivity (Wildman–Crippen MR) is 130 cm³/mol. The lowest BCUT2D eigenvalue weighted by Gasteiger charge is -2.29. The molecule has 0 radical (unpaired) electrons. The Bertz CT molecular complexity index is 1300. The van der Waals surface area contributed by atoms with Gasteiger partial charge in [0.15, 0.2) is 5.82 Å². The minimum Gasteiger partial charge on any atom is -0.353 e. The number of aromatic nitrogens is 3. The number of nitrogens with zero attached hydrogens (tertiary/aromatic N) is 3. The molecule has 184 valence electrons. The zero-order valence-corrected chi connectivity index (χ0v) is 20.9. The minimum absolute atomic E-state index is 0.0330. The van der Waals surface area contributed by atoms with Crippen molar-refractivity contribution in [2.45, 2.75) is 70.0 Å². The number of fused-ring (bicyclic) bond motifs is 5. The second-order valence-electron chi connectivity index (χ2n) is 9.80. The third-order valence-corrected chi connectivity index (χ3v) is 9.09. The maximum absolute atomic E-state index is 13.5. The lowest BCUT2D eigenvalue weighted by Crippen LogP contribution is -2.43. The van der Waals surface area contributed by atoms with Gasteiger partial charge in [-0.15, -0.1) is 21.5 Å². The van der Waals surface area contributed by atoms with Crippen LogP contribution in [0.2, 0.25) is 5.02 Å². The zero-order chi connectivity index (χ0) is 24.3. The number of benzene rings is 1. The molecule has 0 unspecified atom stereocenters. The first-order valence-corrected chi connectivity index (χ1v) is 13.2. The van der Waals surface area contributed by atoms with E-state index in [1.807, 2.05) is 31.2 Å². The van der Waals surface area contributed by atoms with Gasteiger partial charge in [0.05, 0.1) is 12.6 Å². The first kappa shape index (κ1) is 23.1. The van der Waals surface area contributed by atoms with Crippen LogP contribution in [0.5, 0.6) is 0 Å². The number of rotatable bonds is 3. The van der Waals surface area contributed by atoms with Crippen LogP contribution in [0.15, 0.2) is 24.3 Å². The van der Waals surface area contributed by atoms with Crippen LogP contribution in [0.4, 0.5) is 8.78 Å². The molecule has 35 heavy (non-hydrogen) atoms. The van der Waals surface area contributed by atoms with Gasteiger partial charge in [0.1, 0.15) is 10.8 Å². The van der Waals surface area contributed by atoms with Crippen LogP contribution in [0.25, 0.3) is 5.00 Å². The molecule has 1 aromatic carbocycles. The summed E-state index contributed by atoms with van der Waals surface area (Å²) in [6.45, 7) is 2.49. The van der Waals surface area contributed by atoms with E-state index in [0.29, 0.717) is 37.3 Å². The van der Waals surface area contributed by atoms with Crippen LogP contribution in [-0.4, -0.2) is 32.6 Å². The van der Waals surface area contributed by atoms with Crippen molar-refractivity contribution in [2.24, 2.45) is 5.92 Å². The summed E-state index contributed by atoms with van der Waals surface area (Å²) in [6, 6.07) is 7.52. The maximum atomic E-state index is 13.5. The number of nitrogens with one attached hydrogen (secondary N) is 2. The van der Waals surface area contributed by atoms with E-state index in [2.05, 4.69) is 25.4 Å². The Hall–Kier alpha value is -2.36. The third-order valence-electron chi connectivity index (χ3n) is 7.49. The van der Waals surface area contributed by atoms with Crippen molar-refractivity contribution in [3.63, 3.8) is 0 Å². The highest BCUT2D eigenvalue weighted by molar-refractivity contribution is 7.15. The summed E-state index contributed by atoms with van der Waals surface area (Å²) in [6.07, 6.45) is 1.61. The molecule has 1 amide bonds. The molecule has 2 atom stereocenters. The second kappa shape index (κ2) is 8.64. The molecule has 1 aliphatic heterocycles. The third kappa shape index (κ3) is 4.07. The summed E-state index contributed by atoms with van der Waals surface area (Å²) in [5, 5.41) is 17.1. The molecule has 10 heteroatoms. The molecule has 3 aliphatic rings. The zero-order valence-electron chi connectivity index (χ0n) is 19.3. The van der Waals surface area contributed by atoms with Crippen LogP contribution in [-0.2, 0) is 24.2 Å². The number of alkyl halides is 2. The Morgan fingerprint density at radius 3 is 2.77 bits per heavy atom. The molecular weight excluding hydrogens is 492 g/mol. The maximum Gasteiger partial charge on any atom is 0.248 e. The Balaban J connectivity index is 1.32. The molecule has 6 nitrogen and oxygen atoms in total. The first-order valence-electron chi connectivity index (χ1n) is 12.0. The number of thiophene rings is 1. The van der Waals surface area contributed by atoms with Crippen LogP contribution in [0, 0.1) is 12.8 Å². The molecule has 0 spiro atoms. The van der Waals surface area contributed by atoms with E-state index in [9.17, 15) is 13.6 Å². The lowest BCUT2D eigenvalue weighted by molar-refractivity contribution is -0.126. The molecule has 0 bridgehead atoms. The Morgan fingerprint density at radius 2 is 2.00 bits per heavy atom. The highest BCUT2D eigenvalue weighted by Crippen LogP contribution is 2.47. The number of aryl methyl sites for hydroxylation is 1. The lowest BCUT2D eigenvalue weighted by atomic mass is 9.91. The Morgan fingerprint density at radius 1 is 1.23 bits per heavy atom. The van der Waals surface area contributed by atoms with Crippen molar-refractivity contribution in [1.29, 1.82) is 0 Å². The molecule has 0 saturated heterocycles. The standard InChI is InChI=1S/C25H26ClF2N5OS/c1-13-31-32-20-12-29-22(16-4-2-3-5-18(16)26)21-17-10-14(11-19(17)35-24(21)33(13)20)23(34)30-15-6-8-25(27,28)9-7-15/h2-5,14-15,22,29H,6-12H2,1H3,(H,30,34)/t14-,22-/m0/s1. The van der Waals surface area contributed by atoms with Crippen molar-refractivity contribution in [1.82, 2.24) is 25.4 Å². The van der Waals surface area contributed by atoms with Crippen LogP contribution >= 0.6 is 22.9 Å². The van der Waals surface area contributed by atoms with E-state index >= 15 is 0 Å². The van der Waals surface area contributed by atoms with E-state index in [4.69, 9.17) is 11.6 Å². The molecule has 6 rings (SSSR count). The van der Waals surface area contributed by atoms with E-state index < -0.39 is 5.92 Å². The van der Waals surface area contributed by atoms with Gasteiger partial charge in [-0.2, -0.15) is 0 Å². The SMILES string of the molecule is Cc1nnc2n1-c1sc3c(c1[C@H](c1ccccc1Cl)NC2)C[C@H](C(=O)NC1CCC(F)(F)CC1)C3. The van der Waals surface area contributed by atoms with Crippen molar-refractivity contribution in [2.75, 3.05) is 0 Å². The fourth-order valence-electron chi connectivity index (χ4n) is 5.65. The summed E-state index contributed by atoms with van der Waals surface area (Å²) < 4.78 is 29.2. The quantitative estimate of drug-likeness (QED) is 0.519. The number of carbonyl (C=O) groups is 1. The number of amides is 1. The van der Waals surface area contributed by atoms with Gasteiger partial charge in [-0.05, 0) is 49.8 Å². The first-order chi connectivity index (χ1) is 16.8. The van der Waals surface area contributed by atoms with E-state index in [1.165, 1.54) is 10.4 Å². The van der Waals surface area contributed by atoms with Crippen molar-refractivity contribution >= 4 is 28.8 Å². The fourth-order valence-corrected chi connectivity index (χ4v) is 7.41. The summed E-state index contributed by atoms with van der Waals surface area (Å²) in [5.41, 5.74) is 3.30. The summed E-state index contributed by atoms with van der Waals surface area (Å²) in [5.74, 6) is -1.15. The largest absolute Gasteiger partial charge is 0.353 e. The van der Waals surface area contributed by atoms with E-state index in [0.717, 1.165) is 27.8 Å². The molecule has 1 saturated carbocycles. The van der Waals surface area contributed by atoms with Crippen LogP contribution in [0.1, 0.15) is 64.9 Å². The monoisotopic (exact) mass is 517 g/mol. The minimum atomic E-state index is -2.60. The predicted octanol–water partition coefficient (Wildman–Crippen LogP) is 4.89. The van der Waals surface area contributed by atoms with Gasteiger partial charge in [0.2, 0.25) is 11.8 Å². The second-order valence-corrected chi connectivity index (χ2v) is 11.3. The fraction of sp³-hybridized carbons (Fsp3) is 0.480. The van der Waals surface area contributed by atoms with Gasteiger partial charge in [0, 0.05) is 40.3 Å². The van der Waals surface area contributed by atoms with Crippen molar-refractivity contribution in [3.05, 3.63) is 62.5 Å². The van der Waals surface area contributed by atoms with Gasteiger partial charge in [-0.3, -0.25) is 14.7 Å². The number of hydrogen-bond acceptors (Lipinski definition) is 5. The van der Waals surface area contributed by atoms with Crippen LogP contribution < -0.4 is 10.6 Å². The Labute approximate surface area is 211 Å². The van der Waals surface area contributed by atoms with E-state index in [-0.39, 0.29) is 36.8 Å². The molecule has 3 aromatic rings. The molecule has 2 N–H and O–H groups in total. The smallest absolute Gasteiger partial charge is 0.248 e. The van der Waals surface area contributed by atoms with E-state index in [1.54, 1.807) is 11.3 Å². The summed E-state index contributed by atoms with van der Waals surface area (Å²) in [4.78, 5) is 14.3. The van der Waals surface area contributed by atoms with Gasteiger partial charge < -0.3 is 5.32 Å². The van der Waals surface area contributed by atoms with Gasteiger partial charge in [-0.1, -0.05) is 29.8 Å². The summed E-state index contributed by atoms with van der Waals surface area (Å²) in [7, 11) is 0. The van der Waals surface area contributed by atoms with Crippen molar-refractivity contribution in [3.8, 4) is 5.00 Å². The van der Waals surface area contributed by atoms with Crippen molar-refractivity contribution < 1.29 is 13.6 Å². The molecule has 1 fully saturated rings. The molecular formula is C25H26ClF2N5OS. The highest BCUT2D eigenvalue weighted by atomic mass is 35.5. The number of carbonyl (C=O) groups excluding carboxylic acids is 1. The van der Waals surface area contributed by atoms with Gasteiger partial charge in [0.25, 0.3) is 0 Å². The number of halogens is 3. The highest BCUT2D eigenvalue weighted by Gasteiger charge is 2.40. The Kier molecular flexibility index (Phi) is 5.69. The van der Waals surface area contributed by atoms with Gasteiger partial charge >= 0.3 is 0 Å². The normalized spacial score (nSPS) is 23.3. The average Bonchev–Trinajstić information content (AvgIpc) is 3.46.